The Bertz CT molecular complexity index is 820. The summed E-state index contributed by atoms with van der Waals surface area (Å²) in [6.07, 6.45) is 1.27. The Labute approximate surface area is 131 Å². The zero-order valence-electron chi connectivity index (χ0n) is 11.7. The molecule has 1 N–H and O–H groups in total. The molecule has 5 nitrogen and oxygen atoms in total. The van der Waals surface area contributed by atoms with Gasteiger partial charge >= 0.3 is 0 Å². The molecule has 114 valence electrons. The van der Waals surface area contributed by atoms with Gasteiger partial charge in [0.25, 0.3) is 5.91 Å². The molecule has 6 heteroatoms. The Hall–Kier alpha value is -3.46. The van der Waals surface area contributed by atoms with Gasteiger partial charge in [-0.25, -0.2) is 4.39 Å². The zero-order chi connectivity index (χ0) is 16.8. The van der Waals surface area contributed by atoms with Crippen LogP contribution in [0.3, 0.4) is 0 Å². The average molecular weight is 309 g/mol. The van der Waals surface area contributed by atoms with Gasteiger partial charge in [-0.05, 0) is 29.8 Å². The van der Waals surface area contributed by atoms with Crippen molar-refractivity contribution in [2.45, 2.75) is 0 Å². The summed E-state index contributed by atoms with van der Waals surface area (Å²) < 4.78 is 12.8. The molecule has 0 aromatic heterocycles. The third kappa shape index (κ3) is 4.02. The van der Waals surface area contributed by atoms with Crippen LogP contribution in [0.5, 0.6) is 0 Å². The molecule has 0 radical (unpaired) electrons. The van der Waals surface area contributed by atoms with Crippen molar-refractivity contribution in [1.82, 2.24) is 0 Å². The van der Waals surface area contributed by atoms with Gasteiger partial charge in [0.1, 0.15) is 17.5 Å². The Balaban J connectivity index is 2.27. The van der Waals surface area contributed by atoms with E-state index in [0.29, 0.717) is 5.56 Å². The number of nitriles is 1. The smallest absolute Gasteiger partial charge is 0.266 e. The number of carbonyl (C=O) groups is 2. The average Bonchev–Trinajstić information content (AvgIpc) is 2.54. The number of hydrogen-bond donors (Lipinski definition) is 1. The minimum atomic E-state index is -1.44. The predicted octanol–water partition coefficient (Wildman–Crippen LogP) is 1.73. The van der Waals surface area contributed by atoms with Crippen molar-refractivity contribution in [1.29, 1.82) is 5.26 Å². The summed E-state index contributed by atoms with van der Waals surface area (Å²) in [7, 11) is 0. The molecule has 0 saturated heterocycles. The Kier molecular flexibility index (Phi) is 4.85. The maximum atomic E-state index is 12.8. The molecule has 2 aromatic rings. The van der Waals surface area contributed by atoms with Gasteiger partial charge in [-0.2, -0.15) is 5.26 Å². The lowest BCUT2D eigenvalue weighted by Gasteiger charge is -2.11. The highest BCUT2D eigenvalue weighted by atomic mass is 19.1. The molecule has 0 atom stereocenters. The normalized spacial score (nSPS) is 10.7. The number of carboxylic acid groups (broad SMARTS) is 1. The van der Waals surface area contributed by atoms with Crippen molar-refractivity contribution >= 4 is 23.6 Å². The van der Waals surface area contributed by atoms with Gasteiger partial charge in [0.15, 0.2) is 0 Å². The van der Waals surface area contributed by atoms with E-state index in [9.17, 15) is 19.1 Å². The number of carbonyl (C=O) groups excluding carboxylic acids is 2. The molecule has 0 unspecified atom stereocenters. The van der Waals surface area contributed by atoms with Crippen LogP contribution in [-0.4, -0.2) is 11.9 Å². The molecule has 0 spiro atoms. The number of amides is 1. The van der Waals surface area contributed by atoms with E-state index >= 15 is 0 Å². The first-order valence-electron chi connectivity index (χ1n) is 6.50. The van der Waals surface area contributed by atoms with E-state index in [0.717, 1.165) is 0 Å². The first-order chi connectivity index (χ1) is 11.0. The van der Waals surface area contributed by atoms with E-state index in [1.807, 2.05) is 0 Å². The first-order valence-corrected chi connectivity index (χ1v) is 6.50. The lowest BCUT2D eigenvalue weighted by molar-refractivity contribution is -0.254. The van der Waals surface area contributed by atoms with Crippen LogP contribution in [0.2, 0.25) is 0 Å². The van der Waals surface area contributed by atoms with E-state index in [1.54, 1.807) is 6.07 Å². The molecule has 1 amide bonds. The van der Waals surface area contributed by atoms with Crippen molar-refractivity contribution in [3.8, 4) is 6.07 Å². The van der Waals surface area contributed by atoms with E-state index in [2.05, 4.69) is 5.32 Å². The number of carboxylic acids is 1. The predicted molar refractivity (Wildman–Crippen MR) is 79.4 cm³/mol. The molecular weight excluding hydrogens is 299 g/mol. The number of halogens is 1. The first kappa shape index (κ1) is 15.9. The van der Waals surface area contributed by atoms with Crippen LogP contribution < -0.4 is 10.4 Å². The highest BCUT2D eigenvalue weighted by Crippen LogP contribution is 2.16. The Morgan fingerprint density at radius 3 is 2.39 bits per heavy atom. The van der Waals surface area contributed by atoms with Crippen LogP contribution in [0.25, 0.3) is 6.08 Å². The molecule has 0 aliphatic carbocycles. The standard InChI is InChI=1S/C17H11FN2O3/c18-13-7-5-11(6-8-13)9-12(10-19)16(21)20-15-4-2-1-3-14(15)17(22)23/h1-9H,(H,20,21)(H,22,23)/p-1/b12-9+. The van der Waals surface area contributed by atoms with Crippen LogP contribution in [0.15, 0.2) is 54.1 Å². The van der Waals surface area contributed by atoms with Crippen molar-refractivity contribution in [3.63, 3.8) is 0 Å². The highest BCUT2D eigenvalue weighted by Gasteiger charge is 2.12. The van der Waals surface area contributed by atoms with E-state index < -0.39 is 17.7 Å². The van der Waals surface area contributed by atoms with Gasteiger partial charge in [-0.1, -0.05) is 30.3 Å². The summed E-state index contributed by atoms with van der Waals surface area (Å²) in [6, 6.07) is 12.6. The van der Waals surface area contributed by atoms with Gasteiger partial charge < -0.3 is 15.2 Å². The number of rotatable bonds is 4. The van der Waals surface area contributed by atoms with E-state index in [-0.39, 0.29) is 16.8 Å². The second-order valence-corrected chi connectivity index (χ2v) is 4.51. The van der Waals surface area contributed by atoms with Crippen molar-refractivity contribution in [2.24, 2.45) is 0 Å². The topological polar surface area (TPSA) is 93.0 Å². The van der Waals surface area contributed by atoms with Crippen LogP contribution in [0.4, 0.5) is 10.1 Å². The highest BCUT2D eigenvalue weighted by molar-refractivity contribution is 6.11. The number of hydrogen-bond acceptors (Lipinski definition) is 4. The van der Waals surface area contributed by atoms with Crippen LogP contribution in [0.1, 0.15) is 15.9 Å². The number of nitrogens with zero attached hydrogens (tertiary/aromatic N) is 1. The monoisotopic (exact) mass is 309 g/mol. The second kappa shape index (κ2) is 7.00. The number of nitrogens with one attached hydrogen (secondary N) is 1. The number of para-hydroxylation sites is 1. The fourth-order valence-corrected chi connectivity index (χ4v) is 1.83. The summed E-state index contributed by atoms with van der Waals surface area (Å²) >= 11 is 0. The minimum Gasteiger partial charge on any atom is -0.545 e. The van der Waals surface area contributed by atoms with Gasteiger partial charge in [0.05, 0.1) is 11.7 Å². The van der Waals surface area contributed by atoms with Crippen LogP contribution in [0, 0.1) is 17.1 Å². The van der Waals surface area contributed by atoms with Crippen molar-refractivity contribution in [2.75, 3.05) is 5.32 Å². The van der Waals surface area contributed by atoms with Crippen molar-refractivity contribution < 1.29 is 19.1 Å². The lowest BCUT2D eigenvalue weighted by Crippen LogP contribution is -2.25. The largest absolute Gasteiger partial charge is 0.545 e. The molecule has 0 bridgehead atoms. The summed E-state index contributed by atoms with van der Waals surface area (Å²) in [4.78, 5) is 23.1. The maximum absolute atomic E-state index is 12.8. The van der Waals surface area contributed by atoms with Crippen molar-refractivity contribution in [3.05, 3.63) is 71.0 Å². The Morgan fingerprint density at radius 2 is 1.78 bits per heavy atom. The van der Waals surface area contributed by atoms with Crippen LogP contribution >= 0.6 is 0 Å². The van der Waals surface area contributed by atoms with Gasteiger partial charge in [0, 0.05) is 5.56 Å². The summed E-state index contributed by atoms with van der Waals surface area (Å²) in [5, 5.41) is 22.4. The molecule has 0 fully saturated rings. The molecule has 0 aliphatic rings. The molecule has 2 rings (SSSR count). The molecular formula is C17H10FN2O3-. The molecule has 0 aliphatic heterocycles. The SMILES string of the molecule is N#C/C(=C\c1ccc(F)cc1)C(=O)Nc1ccccc1C(=O)[O-]. The number of aromatic carboxylic acids is 1. The quantitative estimate of drug-likeness (QED) is 0.687. The third-order valence-electron chi connectivity index (χ3n) is 2.94. The summed E-state index contributed by atoms with van der Waals surface area (Å²) in [6.45, 7) is 0. The fourth-order valence-electron chi connectivity index (χ4n) is 1.83. The summed E-state index contributed by atoms with van der Waals surface area (Å²) in [5.74, 6) is -2.65. The minimum absolute atomic E-state index is 0.0257. The van der Waals surface area contributed by atoms with E-state index in [4.69, 9.17) is 5.26 Å². The summed E-state index contributed by atoms with van der Waals surface area (Å²) in [5.41, 5.74) is 0.0497. The second-order valence-electron chi connectivity index (χ2n) is 4.51. The number of anilines is 1. The molecule has 2 aromatic carbocycles. The number of benzene rings is 2. The Morgan fingerprint density at radius 1 is 1.13 bits per heavy atom. The third-order valence-corrected chi connectivity index (χ3v) is 2.94. The van der Waals surface area contributed by atoms with Gasteiger partial charge in [-0.15, -0.1) is 0 Å². The molecule has 0 saturated carbocycles. The maximum Gasteiger partial charge on any atom is 0.266 e. The zero-order valence-corrected chi connectivity index (χ0v) is 11.7. The van der Waals surface area contributed by atoms with Gasteiger partial charge in [-0.3, -0.25) is 4.79 Å². The van der Waals surface area contributed by atoms with Gasteiger partial charge in [0.2, 0.25) is 0 Å². The van der Waals surface area contributed by atoms with Crippen LogP contribution in [-0.2, 0) is 4.79 Å². The lowest BCUT2D eigenvalue weighted by atomic mass is 10.1. The fraction of sp³-hybridized carbons (Fsp3) is 0. The molecule has 0 heterocycles. The molecule has 23 heavy (non-hydrogen) atoms. The van der Waals surface area contributed by atoms with E-state index in [1.165, 1.54) is 54.6 Å².